The monoisotopic (exact) mass is 393 g/mol. The predicted octanol–water partition coefficient (Wildman–Crippen LogP) is 5.11. The van der Waals surface area contributed by atoms with Crippen LogP contribution >= 0.6 is 11.8 Å². The quantitative estimate of drug-likeness (QED) is 0.442. The summed E-state index contributed by atoms with van der Waals surface area (Å²) in [6.07, 6.45) is 6.20. The van der Waals surface area contributed by atoms with Gasteiger partial charge in [0.05, 0.1) is 0 Å². The van der Waals surface area contributed by atoms with Crippen molar-refractivity contribution in [2.75, 3.05) is 11.1 Å². The fourth-order valence-electron chi connectivity index (χ4n) is 3.07. The number of hydrogen-bond donors (Lipinski definition) is 1. The molecule has 0 saturated heterocycles. The Kier molecular flexibility index (Phi) is 6.01. The van der Waals surface area contributed by atoms with E-state index in [1.807, 2.05) is 42.5 Å². The third kappa shape index (κ3) is 4.25. The van der Waals surface area contributed by atoms with Gasteiger partial charge in [-0.2, -0.15) is 4.98 Å². The summed E-state index contributed by atoms with van der Waals surface area (Å²) < 4.78 is 6.21. The predicted molar refractivity (Wildman–Crippen MR) is 111 cm³/mol. The minimum atomic E-state index is -0.442. The van der Waals surface area contributed by atoms with Gasteiger partial charge in [0.2, 0.25) is 17.3 Å². The number of para-hydroxylation sites is 1. The highest BCUT2D eigenvalue weighted by Crippen LogP contribution is 2.39. The highest BCUT2D eigenvalue weighted by molar-refractivity contribution is 7.99. The van der Waals surface area contributed by atoms with Crippen LogP contribution in [-0.4, -0.2) is 25.9 Å². The van der Waals surface area contributed by atoms with Crippen LogP contribution in [0.25, 0.3) is 11.3 Å². The number of nitrogens with zero attached hydrogens (tertiary/aromatic N) is 4. The maximum atomic E-state index is 6.21. The van der Waals surface area contributed by atoms with Crippen molar-refractivity contribution in [3.05, 3.63) is 54.4 Å². The van der Waals surface area contributed by atoms with Crippen LogP contribution in [0, 0.1) is 0 Å². The van der Waals surface area contributed by atoms with Gasteiger partial charge >= 0.3 is 0 Å². The van der Waals surface area contributed by atoms with Crippen LogP contribution in [0.4, 0.5) is 5.69 Å². The normalized spacial score (nSPS) is 15.0. The first-order valence-corrected chi connectivity index (χ1v) is 10.6. The molecule has 0 radical (unpaired) electrons. The van der Waals surface area contributed by atoms with Gasteiger partial charge in [-0.3, -0.25) is 4.98 Å². The van der Waals surface area contributed by atoms with Crippen LogP contribution in [0.5, 0.6) is 5.88 Å². The van der Waals surface area contributed by atoms with E-state index in [2.05, 4.69) is 32.4 Å². The topological polar surface area (TPSA) is 72.8 Å². The van der Waals surface area contributed by atoms with E-state index < -0.39 is 6.23 Å². The molecule has 0 unspecified atom stereocenters. The number of aromatic nitrogens is 4. The highest BCUT2D eigenvalue weighted by atomic mass is 32.2. The molecule has 3 aromatic rings. The molecule has 2 aromatic heterocycles. The Hall–Kier alpha value is -2.67. The molecule has 0 saturated carbocycles. The van der Waals surface area contributed by atoms with Crippen LogP contribution in [0.2, 0.25) is 0 Å². The first-order chi connectivity index (χ1) is 13.8. The van der Waals surface area contributed by atoms with Gasteiger partial charge in [-0.05, 0) is 24.6 Å². The maximum absolute atomic E-state index is 6.21. The lowest BCUT2D eigenvalue weighted by Gasteiger charge is -2.18. The van der Waals surface area contributed by atoms with Crippen LogP contribution in [-0.2, 0) is 0 Å². The number of rotatable bonds is 7. The van der Waals surface area contributed by atoms with Crippen molar-refractivity contribution in [3.8, 4) is 17.1 Å². The zero-order chi connectivity index (χ0) is 19.2. The van der Waals surface area contributed by atoms with Gasteiger partial charge in [-0.25, -0.2) is 0 Å². The van der Waals surface area contributed by atoms with E-state index in [-0.39, 0.29) is 0 Å². The van der Waals surface area contributed by atoms with Crippen molar-refractivity contribution >= 4 is 17.4 Å². The molecule has 0 amide bonds. The van der Waals surface area contributed by atoms with Crippen LogP contribution < -0.4 is 10.1 Å². The molecular weight excluding hydrogens is 370 g/mol. The Labute approximate surface area is 169 Å². The Bertz CT molecular complexity index is 922. The second-order valence-electron chi connectivity index (χ2n) is 6.60. The zero-order valence-corrected chi connectivity index (χ0v) is 16.7. The third-order valence-electron chi connectivity index (χ3n) is 4.52. The molecule has 0 fully saturated rings. The summed E-state index contributed by atoms with van der Waals surface area (Å²) >= 11 is 1.63. The van der Waals surface area contributed by atoms with Crippen molar-refractivity contribution < 1.29 is 4.74 Å². The lowest BCUT2D eigenvalue weighted by atomic mass is 10.1. The van der Waals surface area contributed by atoms with Crippen LogP contribution in [0.1, 0.15) is 44.5 Å². The molecule has 6 nitrogen and oxygen atoms in total. The maximum Gasteiger partial charge on any atom is 0.247 e. The number of thioether (sulfide) groups is 1. The van der Waals surface area contributed by atoms with E-state index >= 15 is 0 Å². The smallest absolute Gasteiger partial charge is 0.247 e. The van der Waals surface area contributed by atoms with Gasteiger partial charge in [0.25, 0.3) is 0 Å². The Balaban J connectivity index is 1.62. The standard InChI is InChI=1S/C21H23N5OS/c1-2-3-4-9-14-28-21-24-20-18(25-26-21)15-10-5-6-11-16(15)23-19(27-20)17-12-7-8-13-22-17/h5-8,10-13,19,23H,2-4,9,14H2,1H3/t19-/m0/s1. The minimum absolute atomic E-state index is 0.442. The summed E-state index contributed by atoms with van der Waals surface area (Å²) in [5.74, 6) is 1.47. The molecule has 1 aliphatic heterocycles. The molecule has 3 heterocycles. The number of nitrogens with one attached hydrogen (secondary N) is 1. The summed E-state index contributed by atoms with van der Waals surface area (Å²) in [6, 6.07) is 13.7. The fraction of sp³-hybridized carbons (Fsp3) is 0.333. The van der Waals surface area contributed by atoms with Gasteiger partial charge in [0, 0.05) is 23.2 Å². The average Bonchev–Trinajstić information content (AvgIpc) is 2.91. The molecule has 0 aliphatic carbocycles. The van der Waals surface area contributed by atoms with Crippen molar-refractivity contribution in [2.45, 2.75) is 44.0 Å². The van der Waals surface area contributed by atoms with Crippen molar-refractivity contribution in [2.24, 2.45) is 0 Å². The SMILES string of the molecule is CCCCCCSc1nnc2c(n1)O[C@@H](c1ccccn1)Nc1ccccc1-2. The molecule has 1 atom stereocenters. The molecule has 0 bridgehead atoms. The molecule has 4 rings (SSSR count). The minimum Gasteiger partial charge on any atom is -0.446 e. The summed E-state index contributed by atoms with van der Waals surface area (Å²) in [5.41, 5.74) is 3.29. The first kappa shape index (κ1) is 18.7. The molecular formula is C21H23N5OS. The highest BCUT2D eigenvalue weighted by Gasteiger charge is 2.26. The van der Waals surface area contributed by atoms with E-state index in [0.29, 0.717) is 16.7 Å². The summed E-state index contributed by atoms with van der Waals surface area (Å²) in [7, 11) is 0. The number of pyridine rings is 1. The Morgan fingerprint density at radius 1 is 1.04 bits per heavy atom. The number of hydrogen-bond acceptors (Lipinski definition) is 7. The number of benzene rings is 1. The number of unbranched alkanes of at least 4 members (excludes halogenated alkanes) is 3. The van der Waals surface area contributed by atoms with Crippen molar-refractivity contribution in [1.82, 2.24) is 20.2 Å². The molecule has 28 heavy (non-hydrogen) atoms. The fourth-order valence-corrected chi connectivity index (χ4v) is 3.84. The largest absolute Gasteiger partial charge is 0.446 e. The lowest BCUT2D eigenvalue weighted by Crippen LogP contribution is -2.18. The third-order valence-corrected chi connectivity index (χ3v) is 5.44. The van der Waals surface area contributed by atoms with Crippen molar-refractivity contribution in [3.63, 3.8) is 0 Å². The van der Waals surface area contributed by atoms with Gasteiger partial charge < -0.3 is 10.1 Å². The number of ether oxygens (including phenoxy) is 1. The number of fused-ring (bicyclic) bond motifs is 3. The molecule has 144 valence electrons. The summed E-state index contributed by atoms with van der Waals surface area (Å²) in [4.78, 5) is 9.10. The van der Waals surface area contributed by atoms with Gasteiger partial charge in [0.1, 0.15) is 5.69 Å². The number of anilines is 1. The molecule has 1 aliphatic rings. The van der Waals surface area contributed by atoms with E-state index in [4.69, 9.17) is 4.74 Å². The zero-order valence-electron chi connectivity index (χ0n) is 15.8. The molecule has 7 heteroatoms. The molecule has 1 N–H and O–H groups in total. The van der Waals surface area contributed by atoms with Gasteiger partial charge in [-0.1, -0.05) is 62.2 Å². The Morgan fingerprint density at radius 2 is 1.93 bits per heavy atom. The first-order valence-electron chi connectivity index (χ1n) is 9.66. The summed E-state index contributed by atoms with van der Waals surface area (Å²) in [6.45, 7) is 2.22. The van der Waals surface area contributed by atoms with E-state index in [1.54, 1.807) is 18.0 Å². The van der Waals surface area contributed by atoms with Crippen molar-refractivity contribution in [1.29, 1.82) is 0 Å². The van der Waals surface area contributed by atoms with Gasteiger partial charge in [-0.15, -0.1) is 10.2 Å². The van der Waals surface area contributed by atoms with Crippen LogP contribution in [0.15, 0.2) is 53.8 Å². The summed E-state index contributed by atoms with van der Waals surface area (Å²) in [5, 5.41) is 12.8. The van der Waals surface area contributed by atoms with Crippen LogP contribution in [0.3, 0.4) is 0 Å². The second kappa shape index (κ2) is 9.01. The van der Waals surface area contributed by atoms with E-state index in [9.17, 15) is 0 Å². The van der Waals surface area contributed by atoms with E-state index in [1.165, 1.54) is 19.3 Å². The average molecular weight is 394 g/mol. The van der Waals surface area contributed by atoms with Gasteiger partial charge in [0.15, 0.2) is 5.69 Å². The second-order valence-corrected chi connectivity index (χ2v) is 7.66. The molecule has 0 spiro atoms. The van der Waals surface area contributed by atoms with E-state index in [0.717, 1.165) is 29.1 Å². The molecule has 1 aromatic carbocycles. The Morgan fingerprint density at radius 3 is 2.79 bits per heavy atom. The lowest BCUT2D eigenvalue weighted by molar-refractivity contribution is 0.220.